The summed E-state index contributed by atoms with van der Waals surface area (Å²) in [5.41, 5.74) is 0.922. The van der Waals surface area contributed by atoms with E-state index in [4.69, 9.17) is 9.47 Å². The fraction of sp³-hybridized carbons (Fsp3) is 0.650. The molecular weight excluding hydrogens is 394 g/mol. The van der Waals surface area contributed by atoms with Gasteiger partial charge in [0.15, 0.2) is 11.5 Å². The minimum Gasteiger partial charge on any atom is -0.454 e. The first kappa shape index (κ1) is 20.4. The van der Waals surface area contributed by atoms with Gasteiger partial charge in [0.2, 0.25) is 12.7 Å². The summed E-state index contributed by atoms with van der Waals surface area (Å²) < 4.78 is 39.7. The van der Waals surface area contributed by atoms with E-state index >= 15 is 0 Å². The number of amides is 1. The minimum absolute atomic E-state index is 0.102. The molecule has 160 valence electrons. The average molecular weight is 424 g/mol. The zero-order chi connectivity index (χ0) is 20.4. The number of hydrogen-bond donors (Lipinski definition) is 1. The van der Waals surface area contributed by atoms with E-state index in [-0.39, 0.29) is 25.2 Å². The van der Waals surface area contributed by atoms with Crippen molar-refractivity contribution in [3.63, 3.8) is 0 Å². The quantitative estimate of drug-likeness (QED) is 0.779. The normalized spacial score (nSPS) is 23.8. The van der Waals surface area contributed by atoms with Crippen LogP contribution in [-0.2, 0) is 21.5 Å². The van der Waals surface area contributed by atoms with Crippen molar-refractivity contribution < 1.29 is 22.7 Å². The summed E-state index contributed by atoms with van der Waals surface area (Å²) >= 11 is 0. The predicted octanol–water partition coefficient (Wildman–Crippen LogP) is 1.72. The number of piperidine rings is 2. The van der Waals surface area contributed by atoms with Gasteiger partial charge in [0, 0.05) is 32.7 Å². The van der Waals surface area contributed by atoms with Crippen LogP contribution in [0.2, 0.25) is 0 Å². The fourth-order valence-corrected chi connectivity index (χ4v) is 5.86. The molecule has 1 atom stereocenters. The number of hydrogen-bond acceptors (Lipinski definition) is 5. The van der Waals surface area contributed by atoms with Crippen LogP contribution < -0.4 is 14.8 Å². The number of ether oxygens (including phenoxy) is 2. The van der Waals surface area contributed by atoms with Gasteiger partial charge in [-0.2, -0.15) is 17.0 Å². The lowest BCUT2D eigenvalue weighted by molar-refractivity contribution is -0.126. The fourth-order valence-electron chi connectivity index (χ4n) is 4.13. The summed E-state index contributed by atoms with van der Waals surface area (Å²) in [6.45, 7) is 4.63. The van der Waals surface area contributed by atoms with Crippen molar-refractivity contribution in [3.05, 3.63) is 23.8 Å². The summed E-state index contributed by atoms with van der Waals surface area (Å²) in [5, 5.41) is 2.95. The van der Waals surface area contributed by atoms with Crippen LogP contribution in [0.4, 0.5) is 0 Å². The monoisotopic (exact) mass is 423 g/mol. The van der Waals surface area contributed by atoms with E-state index in [1.807, 2.05) is 18.2 Å². The molecule has 8 nitrogen and oxygen atoms in total. The smallest absolute Gasteiger partial charge is 0.281 e. The number of benzene rings is 1. The van der Waals surface area contributed by atoms with Crippen molar-refractivity contribution in [2.75, 3.05) is 33.0 Å². The molecule has 1 N–H and O–H groups in total. The van der Waals surface area contributed by atoms with Gasteiger partial charge in [0.25, 0.3) is 10.2 Å². The Bertz CT molecular complexity index is 852. The molecule has 0 aliphatic carbocycles. The van der Waals surface area contributed by atoms with Crippen molar-refractivity contribution in [1.29, 1.82) is 0 Å². The van der Waals surface area contributed by atoms with Crippen LogP contribution in [0.3, 0.4) is 0 Å². The molecule has 29 heavy (non-hydrogen) atoms. The molecule has 1 aromatic rings. The second-order valence-electron chi connectivity index (χ2n) is 8.19. The molecule has 0 unspecified atom stereocenters. The lowest BCUT2D eigenvalue weighted by Gasteiger charge is -2.37. The number of fused-ring (bicyclic) bond motifs is 1. The third-order valence-corrected chi connectivity index (χ3v) is 8.06. The van der Waals surface area contributed by atoms with Gasteiger partial charge in [-0.3, -0.25) is 4.79 Å². The largest absolute Gasteiger partial charge is 0.454 e. The standard InChI is InChI=1S/C20H29N3O5S/c1-15-6-9-22(10-7-15)29(25,26)23-8-2-3-17(13-23)20(24)21-12-16-4-5-18-19(11-16)28-14-27-18/h4-5,11,15,17H,2-3,6-10,12-14H2,1H3,(H,21,24)/t17-/m0/s1. The number of nitrogens with zero attached hydrogens (tertiary/aromatic N) is 2. The Morgan fingerprint density at radius 1 is 1.10 bits per heavy atom. The van der Waals surface area contributed by atoms with Crippen molar-refractivity contribution >= 4 is 16.1 Å². The maximum Gasteiger partial charge on any atom is 0.281 e. The predicted molar refractivity (Wildman–Crippen MR) is 108 cm³/mol. The average Bonchev–Trinajstić information content (AvgIpc) is 3.20. The molecule has 0 aromatic heterocycles. The summed E-state index contributed by atoms with van der Waals surface area (Å²) in [6.07, 6.45) is 3.20. The zero-order valence-corrected chi connectivity index (χ0v) is 17.6. The van der Waals surface area contributed by atoms with Crippen LogP contribution in [0.1, 0.15) is 38.2 Å². The van der Waals surface area contributed by atoms with Crippen LogP contribution in [0.15, 0.2) is 18.2 Å². The Balaban J connectivity index is 1.33. The van der Waals surface area contributed by atoms with Gasteiger partial charge in [-0.15, -0.1) is 0 Å². The zero-order valence-electron chi connectivity index (χ0n) is 16.8. The molecule has 3 aliphatic rings. The van der Waals surface area contributed by atoms with E-state index in [9.17, 15) is 13.2 Å². The first-order chi connectivity index (χ1) is 13.9. The molecule has 2 saturated heterocycles. The third-order valence-electron chi connectivity index (χ3n) is 6.05. The van der Waals surface area contributed by atoms with Crippen molar-refractivity contribution in [2.45, 2.75) is 39.2 Å². The topological polar surface area (TPSA) is 88.2 Å². The van der Waals surface area contributed by atoms with Crippen molar-refractivity contribution in [3.8, 4) is 11.5 Å². The van der Waals surface area contributed by atoms with Crippen LogP contribution in [0.5, 0.6) is 11.5 Å². The SMILES string of the molecule is CC1CCN(S(=O)(=O)N2CCC[C@H](C(=O)NCc3ccc4c(c3)OCO4)C2)CC1. The van der Waals surface area contributed by atoms with Gasteiger partial charge < -0.3 is 14.8 Å². The van der Waals surface area contributed by atoms with E-state index in [1.165, 1.54) is 4.31 Å². The Morgan fingerprint density at radius 2 is 1.86 bits per heavy atom. The van der Waals surface area contributed by atoms with E-state index in [1.54, 1.807) is 4.31 Å². The molecule has 2 fully saturated rings. The first-order valence-electron chi connectivity index (χ1n) is 10.3. The van der Waals surface area contributed by atoms with Gasteiger partial charge in [0.05, 0.1) is 5.92 Å². The second-order valence-corrected chi connectivity index (χ2v) is 10.1. The number of nitrogens with one attached hydrogen (secondary N) is 1. The summed E-state index contributed by atoms with van der Waals surface area (Å²) in [6, 6.07) is 5.58. The Morgan fingerprint density at radius 3 is 2.66 bits per heavy atom. The lowest BCUT2D eigenvalue weighted by atomic mass is 9.98. The van der Waals surface area contributed by atoms with E-state index in [0.29, 0.717) is 56.4 Å². The van der Waals surface area contributed by atoms with Crippen molar-refractivity contribution in [2.24, 2.45) is 11.8 Å². The molecule has 0 saturated carbocycles. The molecule has 3 heterocycles. The Kier molecular flexibility index (Phi) is 5.98. The molecule has 0 bridgehead atoms. The molecule has 1 amide bonds. The highest BCUT2D eigenvalue weighted by Gasteiger charge is 2.36. The van der Waals surface area contributed by atoms with E-state index in [2.05, 4.69) is 12.2 Å². The summed E-state index contributed by atoms with van der Waals surface area (Å²) in [7, 11) is -3.49. The minimum atomic E-state index is -3.49. The summed E-state index contributed by atoms with van der Waals surface area (Å²) in [5.74, 6) is 1.53. The second kappa shape index (κ2) is 8.49. The van der Waals surface area contributed by atoms with Gasteiger partial charge >= 0.3 is 0 Å². The maximum absolute atomic E-state index is 13.0. The van der Waals surface area contributed by atoms with Crippen LogP contribution in [-0.4, -0.2) is 55.9 Å². The highest BCUT2D eigenvalue weighted by atomic mass is 32.2. The molecule has 1 aromatic carbocycles. The van der Waals surface area contributed by atoms with Crippen LogP contribution in [0, 0.1) is 11.8 Å². The van der Waals surface area contributed by atoms with Gasteiger partial charge in [0.1, 0.15) is 0 Å². The van der Waals surface area contributed by atoms with Gasteiger partial charge in [-0.05, 0) is 49.3 Å². The Hall–Kier alpha value is -1.84. The molecular formula is C20H29N3O5S. The molecule has 0 spiro atoms. The van der Waals surface area contributed by atoms with Crippen LogP contribution in [0.25, 0.3) is 0 Å². The molecule has 9 heteroatoms. The molecule has 4 rings (SSSR count). The highest BCUT2D eigenvalue weighted by molar-refractivity contribution is 7.86. The van der Waals surface area contributed by atoms with Crippen molar-refractivity contribution in [1.82, 2.24) is 13.9 Å². The van der Waals surface area contributed by atoms with Gasteiger partial charge in [-0.25, -0.2) is 0 Å². The third kappa shape index (κ3) is 4.51. The summed E-state index contributed by atoms with van der Waals surface area (Å²) in [4.78, 5) is 12.7. The number of carbonyl (C=O) groups is 1. The lowest BCUT2D eigenvalue weighted by Crippen LogP contribution is -2.52. The molecule has 0 radical (unpaired) electrons. The maximum atomic E-state index is 13.0. The molecule has 3 aliphatic heterocycles. The Labute approximate surface area is 172 Å². The first-order valence-corrected chi connectivity index (χ1v) is 11.7. The number of carbonyl (C=O) groups excluding carboxylic acids is 1. The highest BCUT2D eigenvalue weighted by Crippen LogP contribution is 2.32. The van der Waals surface area contributed by atoms with E-state index < -0.39 is 10.2 Å². The van der Waals surface area contributed by atoms with E-state index in [0.717, 1.165) is 18.4 Å². The number of rotatable bonds is 5. The van der Waals surface area contributed by atoms with Gasteiger partial charge in [-0.1, -0.05) is 13.0 Å². The van der Waals surface area contributed by atoms with Crippen LogP contribution >= 0.6 is 0 Å².